The first-order chi connectivity index (χ1) is 18.9. The van der Waals surface area contributed by atoms with E-state index in [1.54, 1.807) is 0 Å². The smallest absolute Gasteiger partial charge is 0.303 e. The van der Waals surface area contributed by atoms with Gasteiger partial charge in [-0.3, -0.25) is 14.4 Å². The molecule has 214 valence electrons. The summed E-state index contributed by atoms with van der Waals surface area (Å²) in [7, 11) is 1.29. The lowest BCUT2D eigenvalue weighted by molar-refractivity contribution is -0.282. The summed E-state index contributed by atoms with van der Waals surface area (Å²) in [5.74, 6) is -3.77. The van der Waals surface area contributed by atoms with Crippen LogP contribution in [0.2, 0.25) is 0 Å². The number of carbonyl (C=O) groups is 2. The van der Waals surface area contributed by atoms with Crippen LogP contribution in [0.25, 0.3) is 22.3 Å². The summed E-state index contributed by atoms with van der Waals surface area (Å²) in [5, 5.41) is 51.2. The van der Waals surface area contributed by atoms with Gasteiger partial charge in [-0.05, 0) is 18.2 Å². The van der Waals surface area contributed by atoms with Gasteiger partial charge in [-0.1, -0.05) is 0 Å². The molecule has 4 rings (SSSR count). The van der Waals surface area contributed by atoms with Crippen LogP contribution in [0, 0.1) is 0 Å². The number of methoxy groups -OCH3 is 1. The Kier molecular flexibility index (Phi) is 8.04. The van der Waals surface area contributed by atoms with Gasteiger partial charge in [0.25, 0.3) is 0 Å². The zero-order chi connectivity index (χ0) is 29.3. The Labute approximate surface area is 225 Å². The van der Waals surface area contributed by atoms with E-state index >= 15 is 0 Å². The predicted octanol–water partition coefficient (Wildman–Crippen LogP) is 0.906. The Morgan fingerprint density at radius 1 is 0.975 bits per heavy atom. The second-order valence-electron chi connectivity index (χ2n) is 8.83. The van der Waals surface area contributed by atoms with Crippen molar-refractivity contribution < 1.29 is 63.2 Å². The molecule has 1 aliphatic rings. The summed E-state index contributed by atoms with van der Waals surface area (Å²) < 4.78 is 32.5. The molecule has 14 heteroatoms. The average molecular weight is 562 g/mol. The fourth-order valence-corrected chi connectivity index (χ4v) is 4.15. The van der Waals surface area contributed by atoms with E-state index in [-0.39, 0.29) is 33.8 Å². The van der Waals surface area contributed by atoms with Gasteiger partial charge >= 0.3 is 11.9 Å². The van der Waals surface area contributed by atoms with E-state index < -0.39 is 71.9 Å². The number of aromatic hydroxyl groups is 3. The van der Waals surface area contributed by atoms with Crippen molar-refractivity contribution in [2.24, 2.45) is 0 Å². The number of fused-ring (bicyclic) bond motifs is 1. The molecule has 0 amide bonds. The minimum absolute atomic E-state index is 0.00310. The number of hydrogen-bond donors (Lipinski definition) is 5. The quantitative estimate of drug-likeness (QED) is 0.253. The van der Waals surface area contributed by atoms with Crippen molar-refractivity contribution in [3.8, 4) is 40.1 Å². The third kappa shape index (κ3) is 5.59. The lowest BCUT2D eigenvalue weighted by atomic mass is 9.99. The summed E-state index contributed by atoms with van der Waals surface area (Å²) >= 11 is 0. The molecule has 0 bridgehead atoms. The van der Waals surface area contributed by atoms with Crippen LogP contribution in [-0.4, -0.2) is 81.9 Å². The number of rotatable bonds is 7. The zero-order valence-electron chi connectivity index (χ0n) is 21.4. The van der Waals surface area contributed by atoms with E-state index in [1.165, 1.54) is 25.3 Å². The molecule has 0 radical (unpaired) electrons. The highest BCUT2D eigenvalue weighted by atomic mass is 16.7. The molecule has 2 heterocycles. The van der Waals surface area contributed by atoms with Gasteiger partial charge in [-0.15, -0.1) is 0 Å². The summed E-state index contributed by atoms with van der Waals surface area (Å²) in [6.07, 6.45) is -8.31. The van der Waals surface area contributed by atoms with Crippen LogP contribution < -0.4 is 14.9 Å². The molecular weight excluding hydrogens is 536 g/mol. The Morgan fingerprint density at radius 3 is 2.35 bits per heavy atom. The number of phenolic OH excluding ortho intramolecular Hbond substituents is 3. The second-order valence-corrected chi connectivity index (χ2v) is 8.83. The Balaban J connectivity index is 1.89. The Hall–Kier alpha value is -4.53. The van der Waals surface area contributed by atoms with E-state index in [0.29, 0.717) is 0 Å². The van der Waals surface area contributed by atoms with Gasteiger partial charge in [0.1, 0.15) is 47.4 Å². The summed E-state index contributed by atoms with van der Waals surface area (Å²) in [5.41, 5.74) is -1.06. The van der Waals surface area contributed by atoms with Crippen LogP contribution in [-0.2, 0) is 23.8 Å². The number of esters is 2. The van der Waals surface area contributed by atoms with Crippen molar-refractivity contribution >= 4 is 22.9 Å². The molecule has 0 spiro atoms. The topological polar surface area (TPSA) is 212 Å². The van der Waals surface area contributed by atoms with Crippen molar-refractivity contribution in [1.82, 2.24) is 0 Å². The maximum Gasteiger partial charge on any atom is 0.303 e. The van der Waals surface area contributed by atoms with Crippen LogP contribution in [0.15, 0.2) is 39.5 Å². The lowest BCUT2D eigenvalue weighted by Gasteiger charge is -2.41. The number of carbonyl (C=O) groups excluding carboxylic acids is 2. The molecule has 3 aromatic rings. The Bertz CT molecular complexity index is 1490. The van der Waals surface area contributed by atoms with E-state index in [1.807, 2.05) is 0 Å². The van der Waals surface area contributed by atoms with Gasteiger partial charge in [0.15, 0.2) is 23.4 Å². The maximum absolute atomic E-state index is 13.7. The normalized spacial score (nSPS) is 22.5. The summed E-state index contributed by atoms with van der Waals surface area (Å²) in [4.78, 5) is 36.8. The predicted molar refractivity (Wildman–Crippen MR) is 133 cm³/mol. The fraction of sp³-hybridized carbons (Fsp3) is 0.346. The molecule has 5 atom stereocenters. The van der Waals surface area contributed by atoms with E-state index in [4.69, 9.17) is 28.1 Å². The number of ether oxygens (including phenoxy) is 5. The first-order valence-corrected chi connectivity index (χ1v) is 11.8. The van der Waals surface area contributed by atoms with E-state index in [0.717, 1.165) is 26.0 Å². The molecule has 0 aliphatic carbocycles. The van der Waals surface area contributed by atoms with Gasteiger partial charge in [-0.25, -0.2) is 0 Å². The van der Waals surface area contributed by atoms with Gasteiger partial charge in [0.2, 0.25) is 17.5 Å². The second kappa shape index (κ2) is 11.3. The third-order valence-electron chi connectivity index (χ3n) is 5.99. The van der Waals surface area contributed by atoms with Crippen molar-refractivity contribution in [2.75, 3.05) is 13.7 Å². The van der Waals surface area contributed by atoms with Crippen LogP contribution in [0.1, 0.15) is 13.8 Å². The fourth-order valence-electron chi connectivity index (χ4n) is 4.15. The number of hydrogen-bond acceptors (Lipinski definition) is 14. The maximum atomic E-state index is 13.7. The summed E-state index contributed by atoms with van der Waals surface area (Å²) in [6.45, 7) is 1.63. The van der Waals surface area contributed by atoms with Crippen LogP contribution in [0.4, 0.5) is 0 Å². The van der Waals surface area contributed by atoms with E-state index in [9.17, 15) is 39.9 Å². The largest absolute Gasteiger partial charge is 0.508 e. The number of phenols is 3. The highest BCUT2D eigenvalue weighted by Crippen LogP contribution is 2.39. The van der Waals surface area contributed by atoms with Crippen LogP contribution in [0.5, 0.6) is 28.7 Å². The highest BCUT2D eigenvalue weighted by Gasteiger charge is 2.49. The molecule has 1 aromatic heterocycles. The minimum atomic E-state index is -1.81. The first-order valence-electron chi connectivity index (χ1n) is 11.8. The molecule has 0 saturated carbocycles. The molecule has 0 unspecified atom stereocenters. The highest BCUT2D eigenvalue weighted by molar-refractivity contribution is 5.88. The zero-order valence-corrected chi connectivity index (χ0v) is 21.4. The third-order valence-corrected chi connectivity index (χ3v) is 5.99. The van der Waals surface area contributed by atoms with Gasteiger partial charge < -0.3 is 53.6 Å². The molecule has 1 fully saturated rings. The van der Waals surface area contributed by atoms with Crippen LogP contribution in [0.3, 0.4) is 0 Å². The number of aliphatic hydroxyl groups is 2. The first kappa shape index (κ1) is 28.5. The van der Waals surface area contributed by atoms with E-state index in [2.05, 4.69) is 0 Å². The molecule has 14 nitrogen and oxygen atoms in total. The van der Waals surface area contributed by atoms with Crippen molar-refractivity contribution in [1.29, 1.82) is 0 Å². The average Bonchev–Trinajstić information content (AvgIpc) is 2.88. The number of aliphatic hydroxyl groups excluding tert-OH is 2. The van der Waals surface area contributed by atoms with Crippen molar-refractivity contribution in [3.05, 3.63) is 40.6 Å². The van der Waals surface area contributed by atoms with Crippen LogP contribution >= 0.6 is 0 Å². The summed E-state index contributed by atoms with van der Waals surface area (Å²) in [6, 6.07) is 5.89. The standard InChI is InChI=1S/C26H26O14/c1-10(27)36-9-18-20(32)22(34)25(37-11(2)28)26(39-18)40-24-21(33)19-15(31)7-13(29)8-17(19)38-23(24)12-4-5-14(30)16(6-12)35-3/h4-8,18,20,22,25-26,29-32,34H,9H2,1-3H3/t18-,20-,22+,25-,26+/m1/s1. The van der Waals surface area contributed by atoms with Gasteiger partial charge in [-0.2, -0.15) is 0 Å². The lowest BCUT2D eigenvalue weighted by Crippen LogP contribution is -2.61. The number of benzene rings is 2. The molecular formula is C26H26O14. The van der Waals surface area contributed by atoms with Gasteiger partial charge in [0.05, 0.1) is 7.11 Å². The van der Waals surface area contributed by atoms with Crippen molar-refractivity contribution in [3.63, 3.8) is 0 Å². The SMILES string of the molecule is COc1cc(-c2oc3cc(O)cc(O)c3c(=O)c2O[C@@H]2O[C@H](COC(C)=O)[C@@H](O)[C@H](O)[C@H]2OC(C)=O)ccc1O. The monoisotopic (exact) mass is 562 g/mol. The molecule has 2 aromatic carbocycles. The van der Waals surface area contributed by atoms with Gasteiger partial charge in [0, 0.05) is 31.5 Å². The molecule has 40 heavy (non-hydrogen) atoms. The molecule has 5 N–H and O–H groups in total. The van der Waals surface area contributed by atoms with Crippen molar-refractivity contribution in [2.45, 2.75) is 44.6 Å². The molecule has 1 saturated heterocycles. The minimum Gasteiger partial charge on any atom is -0.508 e. The molecule has 1 aliphatic heterocycles. The Morgan fingerprint density at radius 2 is 1.70 bits per heavy atom.